The number of amides is 2. The minimum Gasteiger partial charge on any atom is -0.324 e. The molecular weight excluding hydrogens is 446 g/mol. The summed E-state index contributed by atoms with van der Waals surface area (Å²) >= 11 is 1.52. The molecule has 0 aliphatic carbocycles. The van der Waals surface area contributed by atoms with E-state index >= 15 is 0 Å². The number of piperidine rings is 1. The SMILES string of the molecule is Cc1ccc(NC(=O)[C@@H]2CSCN2C(=O)c2ccccc2)cc1S(=O)(=O)N1CCCCC1. The van der Waals surface area contributed by atoms with Crippen molar-refractivity contribution in [1.82, 2.24) is 9.21 Å². The number of aryl methyl sites for hydroxylation is 1. The van der Waals surface area contributed by atoms with Gasteiger partial charge in [0.15, 0.2) is 0 Å². The van der Waals surface area contributed by atoms with E-state index in [9.17, 15) is 18.0 Å². The summed E-state index contributed by atoms with van der Waals surface area (Å²) in [7, 11) is -3.62. The molecule has 2 aromatic rings. The number of hydrogen-bond donors (Lipinski definition) is 1. The second kappa shape index (κ2) is 9.64. The lowest BCUT2D eigenvalue weighted by Gasteiger charge is -2.27. The molecule has 0 bridgehead atoms. The van der Waals surface area contributed by atoms with Crippen molar-refractivity contribution < 1.29 is 18.0 Å². The van der Waals surface area contributed by atoms with E-state index in [-0.39, 0.29) is 16.7 Å². The van der Waals surface area contributed by atoms with Crippen LogP contribution in [0.25, 0.3) is 0 Å². The smallest absolute Gasteiger partial charge is 0.255 e. The number of carbonyl (C=O) groups excluding carboxylic acids is 2. The van der Waals surface area contributed by atoms with Gasteiger partial charge >= 0.3 is 0 Å². The Bertz CT molecular complexity index is 1100. The van der Waals surface area contributed by atoms with Gasteiger partial charge in [0.05, 0.1) is 10.8 Å². The van der Waals surface area contributed by atoms with Gasteiger partial charge in [-0.1, -0.05) is 30.7 Å². The Morgan fingerprint density at radius 1 is 1.03 bits per heavy atom. The number of thioether (sulfide) groups is 1. The second-order valence-corrected chi connectivity index (χ2v) is 11.0. The summed E-state index contributed by atoms with van der Waals surface area (Å²) in [5.74, 6) is 0.432. The molecule has 0 saturated carbocycles. The third-order valence-corrected chi connectivity index (χ3v) is 8.91. The van der Waals surface area contributed by atoms with E-state index in [1.807, 2.05) is 6.07 Å². The molecule has 2 fully saturated rings. The maximum atomic E-state index is 13.2. The highest BCUT2D eigenvalue weighted by atomic mass is 32.2. The largest absolute Gasteiger partial charge is 0.324 e. The zero-order valence-electron chi connectivity index (χ0n) is 18.0. The third-order valence-electron chi connectivity index (χ3n) is 5.86. The van der Waals surface area contributed by atoms with Crippen LogP contribution in [0.3, 0.4) is 0 Å². The molecular formula is C23H27N3O4S2. The Labute approximate surface area is 193 Å². The standard InChI is InChI=1S/C23H27N3O4S2/c1-17-10-11-19(14-21(17)32(29,30)25-12-6-3-7-13-25)24-22(27)20-15-31-16-26(20)23(28)18-8-4-2-5-9-18/h2,4-5,8-11,14,20H,3,6-7,12-13,15-16H2,1H3,(H,24,27)/t20-/m0/s1. The summed E-state index contributed by atoms with van der Waals surface area (Å²) in [6, 6.07) is 13.2. The molecule has 0 unspecified atom stereocenters. The van der Waals surface area contributed by atoms with E-state index in [2.05, 4.69) is 5.32 Å². The van der Waals surface area contributed by atoms with Gasteiger partial charge in [0.25, 0.3) is 5.91 Å². The van der Waals surface area contributed by atoms with E-state index in [1.54, 1.807) is 48.2 Å². The van der Waals surface area contributed by atoms with E-state index in [1.165, 1.54) is 22.1 Å². The van der Waals surface area contributed by atoms with Crippen molar-refractivity contribution in [3.63, 3.8) is 0 Å². The Morgan fingerprint density at radius 2 is 1.75 bits per heavy atom. The molecule has 0 radical (unpaired) electrons. The molecule has 9 heteroatoms. The van der Waals surface area contributed by atoms with E-state index in [4.69, 9.17) is 0 Å². The Hall–Kier alpha value is -2.36. The van der Waals surface area contributed by atoms with Crippen LogP contribution in [0, 0.1) is 6.92 Å². The summed E-state index contributed by atoms with van der Waals surface area (Å²) in [6.07, 6.45) is 2.76. The lowest BCUT2D eigenvalue weighted by Crippen LogP contribution is -2.44. The molecule has 2 heterocycles. The first-order chi connectivity index (χ1) is 15.4. The molecule has 2 amide bonds. The lowest BCUT2D eigenvalue weighted by molar-refractivity contribution is -0.119. The summed E-state index contributed by atoms with van der Waals surface area (Å²) in [6.45, 7) is 2.80. The Balaban J connectivity index is 1.52. The van der Waals surface area contributed by atoms with Crippen molar-refractivity contribution in [3.05, 3.63) is 59.7 Å². The number of anilines is 1. The summed E-state index contributed by atoms with van der Waals surface area (Å²) in [5, 5.41) is 2.83. The van der Waals surface area contributed by atoms with E-state index < -0.39 is 16.1 Å². The first-order valence-electron chi connectivity index (χ1n) is 10.7. The number of nitrogens with one attached hydrogen (secondary N) is 1. The summed E-state index contributed by atoms with van der Waals surface area (Å²) in [4.78, 5) is 27.7. The molecule has 2 aromatic carbocycles. The molecule has 1 atom stereocenters. The summed E-state index contributed by atoms with van der Waals surface area (Å²) in [5.41, 5.74) is 1.60. The van der Waals surface area contributed by atoms with Crippen molar-refractivity contribution in [2.75, 3.05) is 30.0 Å². The van der Waals surface area contributed by atoms with Crippen LogP contribution >= 0.6 is 11.8 Å². The number of hydrogen-bond acceptors (Lipinski definition) is 5. The van der Waals surface area contributed by atoms with Gasteiger partial charge in [-0.15, -0.1) is 11.8 Å². The van der Waals surface area contributed by atoms with E-state index in [0.717, 1.165) is 19.3 Å². The lowest BCUT2D eigenvalue weighted by atomic mass is 10.1. The van der Waals surface area contributed by atoms with Crippen LogP contribution in [0.15, 0.2) is 53.4 Å². The van der Waals surface area contributed by atoms with Crippen molar-refractivity contribution in [1.29, 1.82) is 0 Å². The zero-order valence-corrected chi connectivity index (χ0v) is 19.6. The molecule has 0 spiro atoms. The Morgan fingerprint density at radius 3 is 2.47 bits per heavy atom. The van der Waals surface area contributed by atoms with Gasteiger partial charge < -0.3 is 10.2 Å². The number of nitrogens with zero attached hydrogens (tertiary/aromatic N) is 2. The second-order valence-electron chi connectivity index (χ2n) is 8.09. The highest BCUT2D eigenvalue weighted by Gasteiger charge is 2.35. The number of carbonyl (C=O) groups is 2. The van der Waals surface area contributed by atoms with Crippen LogP contribution < -0.4 is 5.32 Å². The van der Waals surface area contributed by atoms with Gasteiger partial charge in [-0.05, 0) is 49.6 Å². The molecule has 32 heavy (non-hydrogen) atoms. The number of rotatable bonds is 5. The Kier molecular flexibility index (Phi) is 6.88. The predicted molar refractivity (Wildman–Crippen MR) is 126 cm³/mol. The minimum atomic E-state index is -3.62. The number of benzene rings is 2. The van der Waals surface area contributed by atoms with Crippen molar-refractivity contribution in [2.45, 2.75) is 37.1 Å². The van der Waals surface area contributed by atoms with Gasteiger partial charge in [-0.3, -0.25) is 9.59 Å². The van der Waals surface area contributed by atoms with Crippen LogP contribution in [0.1, 0.15) is 35.2 Å². The summed E-state index contributed by atoms with van der Waals surface area (Å²) < 4.78 is 27.8. The van der Waals surface area contributed by atoms with Crippen molar-refractivity contribution in [2.24, 2.45) is 0 Å². The molecule has 170 valence electrons. The fraction of sp³-hybridized carbons (Fsp3) is 0.391. The molecule has 0 aromatic heterocycles. The van der Waals surface area contributed by atoms with E-state index in [0.29, 0.717) is 41.5 Å². The highest BCUT2D eigenvalue weighted by molar-refractivity contribution is 7.99. The number of sulfonamides is 1. The topological polar surface area (TPSA) is 86.8 Å². The van der Waals surface area contributed by atoms with Crippen LogP contribution in [-0.4, -0.2) is 60.2 Å². The highest BCUT2D eigenvalue weighted by Crippen LogP contribution is 2.28. The molecule has 2 aliphatic heterocycles. The maximum Gasteiger partial charge on any atom is 0.255 e. The fourth-order valence-corrected chi connectivity index (χ4v) is 6.95. The average molecular weight is 474 g/mol. The third kappa shape index (κ3) is 4.69. The van der Waals surface area contributed by atoms with Crippen LogP contribution in [0.4, 0.5) is 5.69 Å². The average Bonchev–Trinajstić information content (AvgIpc) is 3.31. The van der Waals surface area contributed by atoms with Crippen LogP contribution in [0.2, 0.25) is 0 Å². The minimum absolute atomic E-state index is 0.187. The van der Waals surface area contributed by atoms with Gasteiger partial charge in [0.2, 0.25) is 15.9 Å². The fourth-order valence-electron chi connectivity index (χ4n) is 4.03. The molecule has 4 rings (SSSR count). The predicted octanol–water partition coefficient (Wildman–Crippen LogP) is 3.32. The first kappa shape index (κ1) is 22.8. The quantitative estimate of drug-likeness (QED) is 0.720. The maximum absolute atomic E-state index is 13.2. The monoisotopic (exact) mass is 473 g/mol. The molecule has 7 nitrogen and oxygen atoms in total. The van der Waals surface area contributed by atoms with Gasteiger partial charge in [0.1, 0.15) is 6.04 Å². The van der Waals surface area contributed by atoms with Crippen LogP contribution in [0.5, 0.6) is 0 Å². The molecule has 2 saturated heterocycles. The molecule has 1 N–H and O–H groups in total. The van der Waals surface area contributed by atoms with Gasteiger partial charge in [-0.2, -0.15) is 4.31 Å². The normalized spacial score (nSPS) is 19.7. The van der Waals surface area contributed by atoms with Crippen molar-refractivity contribution in [3.8, 4) is 0 Å². The van der Waals surface area contributed by atoms with Gasteiger partial charge in [-0.25, -0.2) is 8.42 Å². The molecule has 2 aliphatic rings. The zero-order chi connectivity index (χ0) is 22.7. The van der Waals surface area contributed by atoms with Crippen molar-refractivity contribution >= 4 is 39.3 Å². The first-order valence-corrected chi connectivity index (χ1v) is 13.3. The van der Waals surface area contributed by atoms with Gasteiger partial charge in [0, 0.05) is 30.1 Å². The van der Waals surface area contributed by atoms with Crippen LogP contribution in [-0.2, 0) is 14.8 Å².